The molecule has 1 aromatic carbocycles. The second-order valence-electron chi connectivity index (χ2n) is 3.32. The molecule has 0 saturated carbocycles. The van der Waals surface area contributed by atoms with Crippen LogP contribution >= 0.6 is 11.6 Å². The van der Waals surface area contributed by atoms with Gasteiger partial charge in [-0.15, -0.1) is 0 Å². The fraction of sp³-hybridized carbons (Fsp3) is 0.250. The Kier molecular flexibility index (Phi) is 4.37. The summed E-state index contributed by atoms with van der Waals surface area (Å²) in [5, 5.41) is 3.44. The van der Waals surface area contributed by atoms with Crippen molar-refractivity contribution >= 4 is 23.6 Å². The number of nitrogens with one attached hydrogen (secondary N) is 1. The molecule has 1 aromatic rings. The van der Waals surface area contributed by atoms with E-state index in [1.165, 1.54) is 6.92 Å². The van der Waals surface area contributed by atoms with Crippen molar-refractivity contribution in [2.45, 2.75) is 13.8 Å². The van der Waals surface area contributed by atoms with Gasteiger partial charge in [0.15, 0.2) is 0 Å². The molecule has 0 atom stereocenters. The first-order valence-corrected chi connectivity index (χ1v) is 5.15. The molecule has 1 amide bonds. The van der Waals surface area contributed by atoms with Gasteiger partial charge in [0.2, 0.25) is 5.91 Å². The molecule has 15 heavy (non-hydrogen) atoms. The van der Waals surface area contributed by atoms with Crippen LogP contribution in [0.4, 0.5) is 0 Å². The zero-order chi connectivity index (χ0) is 11.3. The fourth-order valence-corrected chi connectivity index (χ4v) is 1.38. The molecule has 0 fully saturated rings. The highest BCUT2D eigenvalue weighted by atomic mass is 35.5. The lowest BCUT2D eigenvalue weighted by atomic mass is 10.1. The van der Waals surface area contributed by atoms with Crippen molar-refractivity contribution in [1.82, 2.24) is 5.32 Å². The van der Waals surface area contributed by atoms with Crippen LogP contribution in [0, 0.1) is 6.92 Å². The Balaban J connectivity index is 2.64. The van der Waals surface area contributed by atoms with Gasteiger partial charge in [-0.1, -0.05) is 42.0 Å². The molecule has 0 aliphatic heterocycles. The molecule has 3 heteroatoms. The Labute approximate surface area is 94.9 Å². The number of hydrogen-bond donors (Lipinski definition) is 1. The Morgan fingerprint density at radius 2 is 2.27 bits per heavy atom. The first-order valence-electron chi connectivity index (χ1n) is 4.77. The fourth-order valence-electron chi connectivity index (χ4n) is 1.19. The quantitative estimate of drug-likeness (QED) is 0.839. The van der Waals surface area contributed by atoms with Gasteiger partial charge in [-0.3, -0.25) is 4.79 Å². The van der Waals surface area contributed by atoms with Gasteiger partial charge in [-0.05, 0) is 18.1 Å². The van der Waals surface area contributed by atoms with Gasteiger partial charge in [0.05, 0.1) is 5.02 Å². The molecule has 0 saturated heterocycles. The molecule has 2 nitrogen and oxygen atoms in total. The third-order valence-corrected chi connectivity index (χ3v) is 2.50. The zero-order valence-electron chi connectivity index (χ0n) is 8.88. The van der Waals surface area contributed by atoms with E-state index in [0.717, 1.165) is 16.1 Å². The molecule has 0 radical (unpaired) electrons. The highest BCUT2D eigenvalue weighted by Gasteiger charge is 1.98. The number of rotatable bonds is 3. The molecular weight excluding hydrogens is 210 g/mol. The average molecular weight is 224 g/mol. The van der Waals surface area contributed by atoms with Crippen LogP contribution in [-0.2, 0) is 4.79 Å². The maximum Gasteiger partial charge on any atom is 0.217 e. The van der Waals surface area contributed by atoms with Gasteiger partial charge in [-0.25, -0.2) is 0 Å². The van der Waals surface area contributed by atoms with E-state index in [2.05, 4.69) is 5.32 Å². The van der Waals surface area contributed by atoms with Crippen LogP contribution in [0.15, 0.2) is 24.3 Å². The predicted molar refractivity (Wildman–Crippen MR) is 63.9 cm³/mol. The second kappa shape index (κ2) is 5.56. The van der Waals surface area contributed by atoms with E-state index in [4.69, 9.17) is 11.6 Å². The summed E-state index contributed by atoms with van der Waals surface area (Å²) in [5.41, 5.74) is 2.03. The minimum atomic E-state index is -0.0324. The number of aryl methyl sites for hydroxylation is 1. The van der Waals surface area contributed by atoms with Crippen molar-refractivity contribution < 1.29 is 4.79 Å². The van der Waals surface area contributed by atoms with E-state index in [1.54, 1.807) is 0 Å². The first-order chi connectivity index (χ1) is 7.11. The van der Waals surface area contributed by atoms with Crippen LogP contribution in [-0.4, -0.2) is 12.5 Å². The summed E-state index contributed by atoms with van der Waals surface area (Å²) in [6.45, 7) is 3.99. The number of benzene rings is 1. The van der Waals surface area contributed by atoms with E-state index in [-0.39, 0.29) is 5.91 Å². The van der Waals surface area contributed by atoms with Gasteiger partial charge in [-0.2, -0.15) is 0 Å². The van der Waals surface area contributed by atoms with Crippen LogP contribution in [0.25, 0.3) is 6.08 Å². The minimum absolute atomic E-state index is 0.0324. The third-order valence-electron chi connectivity index (χ3n) is 1.99. The molecule has 80 valence electrons. The Bertz CT molecular complexity index is 385. The topological polar surface area (TPSA) is 29.1 Å². The van der Waals surface area contributed by atoms with Crippen molar-refractivity contribution in [1.29, 1.82) is 0 Å². The minimum Gasteiger partial charge on any atom is -0.353 e. The van der Waals surface area contributed by atoms with Gasteiger partial charge in [0.1, 0.15) is 0 Å². The van der Waals surface area contributed by atoms with Gasteiger partial charge < -0.3 is 5.32 Å². The van der Waals surface area contributed by atoms with E-state index in [1.807, 2.05) is 37.3 Å². The Morgan fingerprint density at radius 1 is 1.53 bits per heavy atom. The highest BCUT2D eigenvalue weighted by Crippen LogP contribution is 2.21. The smallest absolute Gasteiger partial charge is 0.217 e. The van der Waals surface area contributed by atoms with Crippen LogP contribution in [0.3, 0.4) is 0 Å². The van der Waals surface area contributed by atoms with E-state index in [9.17, 15) is 4.79 Å². The summed E-state index contributed by atoms with van der Waals surface area (Å²) in [4.78, 5) is 10.6. The summed E-state index contributed by atoms with van der Waals surface area (Å²) in [6, 6.07) is 5.87. The molecule has 0 aliphatic rings. The lowest BCUT2D eigenvalue weighted by molar-refractivity contribution is -0.118. The molecule has 0 bridgehead atoms. The average Bonchev–Trinajstić information content (AvgIpc) is 2.18. The highest BCUT2D eigenvalue weighted by molar-refractivity contribution is 6.32. The van der Waals surface area contributed by atoms with Crippen molar-refractivity contribution in [2.75, 3.05) is 6.54 Å². The molecule has 0 spiro atoms. The van der Waals surface area contributed by atoms with E-state index < -0.39 is 0 Å². The summed E-state index contributed by atoms with van der Waals surface area (Å²) < 4.78 is 0. The molecule has 0 aliphatic carbocycles. The number of hydrogen-bond acceptors (Lipinski definition) is 1. The standard InChI is InChI=1S/C12H14ClNO/c1-9-5-3-6-11(12(9)13)7-4-8-14-10(2)15/h3-7H,8H2,1-2H3,(H,14,15). The molecule has 1 N–H and O–H groups in total. The number of amides is 1. The summed E-state index contributed by atoms with van der Waals surface area (Å²) in [7, 11) is 0. The molecule has 0 aromatic heterocycles. The van der Waals surface area contributed by atoms with Crippen molar-refractivity contribution in [3.63, 3.8) is 0 Å². The predicted octanol–water partition coefficient (Wildman–Crippen LogP) is 2.80. The summed E-state index contributed by atoms with van der Waals surface area (Å²) in [5.74, 6) is -0.0324. The largest absolute Gasteiger partial charge is 0.353 e. The SMILES string of the molecule is CC(=O)NCC=Cc1cccc(C)c1Cl. The Morgan fingerprint density at radius 3 is 2.93 bits per heavy atom. The van der Waals surface area contributed by atoms with Crippen LogP contribution in [0.5, 0.6) is 0 Å². The van der Waals surface area contributed by atoms with Gasteiger partial charge in [0.25, 0.3) is 0 Å². The zero-order valence-corrected chi connectivity index (χ0v) is 9.64. The van der Waals surface area contributed by atoms with Crippen LogP contribution < -0.4 is 5.32 Å². The van der Waals surface area contributed by atoms with Crippen LogP contribution in [0.2, 0.25) is 5.02 Å². The first kappa shape index (κ1) is 11.8. The number of carbonyl (C=O) groups is 1. The lowest BCUT2D eigenvalue weighted by Gasteiger charge is -2.01. The molecule has 1 rings (SSSR count). The monoisotopic (exact) mass is 223 g/mol. The van der Waals surface area contributed by atoms with Crippen molar-refractivity contribution in [3.05, 3.63) is 40.4 Å². The lowest BCUT2D eigenvalue weighted by Crippen LogP contribution is -2.19. The van der Waals surface area contributed by atoms with E-state index >= 15 is 0 Å². The molecular formula is C12H14ClNO. The maximum atomic E-state index is 10.6. The molecule has 0 heterocycles. The Hall–Kier alpha value is -1.28. The normalized spacial score (nSPS) is 10.6. The number of carbonyl (C=O) groups excluding carboxylic acids is 1. The molecule has 0 unspecified atom stereocenters. The number of halogens is 1. The van der Waals surface area contributed by atoms with Crippen LogP contribution in [0.1, 0.15) is 18.1 Å². The van der Waals surface area contributed by atoms with Gasteiger partial charge >= 0.3 is 0 Å². The summed E-state index contributed by atoms with van der Waals surface area (Å²) in [6.07, 6.45) is 3.79. The summed E-state index contributed by atoms with van der Waals surface area (Å²) >= 11 is 6.10. The van der Waals surface area contributed by atoms with Crippen molar-refractivity contribution in [3.8, 4) is 0 Å². The van der Waals surface area contributed by atoms with Gasteiger partial charge in [0, 0.05) is 13.5 Å². The maximum absolute atomic E-state index is 10.6. The third kappa shape index (κ3) is 3.76. The van der Waals surface area contributed by atoms with Crippen molar-refractivity contribution in [2.24, 2.45) is 0 Å². The second-order valence-corrected chi connectivity index (χ2v) is 3.70. The van der Waals surface area contributed by atoms with E-state index in [0.29, 0.717) is 6.54 Å².